The molecule has 1 fully saturated rings. The number of anilines is 1. The van der Waals surface area contributed by atoms with E-state index in [1.54, 1.807) is 0 Å². The van der Waals surface area contributed by atoms with Crippen molar-refractivity contribution in [3.63, 3.8) is 0 Å². The minimum atomic E-state index is 0.847. The van der Waals surface area contributed by atoms with Gasteiger partial charge in [-0.2, -0.15) is 0 Å². The summed E-state index contributed by atoms with van der Waals surface area (Å²) < 4.78 is 0. The third-order valence-corrected chi connectivity index (χ3v) is 3.34. The number of hydrogen-bond acceptors (Lipinski definition) is 4. The van der Waals surface area contributed by atoms with E-state index < -0.39 is 0 Å². The first-order valence-corrected chi connectivity index (χ1v) is 6.56. The van der Waals surface area contributed by atoms with E-state index in [4.69, 9.17) is 0 Å². The molecular weight excluding hydrogens is 212 g/mol. The van der Waals surface area contributed by atoms with Crippen molar-refractivity contribution in [1.82, 2.24) is 15.3 Å². The van der Waals surface area contributed by atoms with Gasteiger partial charge in [0.15, 0.2) is 0 Å². The van der Waals surface area contributed by atoms with Crippen LogP contribution in [0.15, 0.2) is 12.4 Å². The molecule has 2 heterocycles. The second kappa shape index (κ2) is 5.96. The van der Waals surface area contributed by atoms with E-state index in [1.165, 1.54) is 12.8 Å². The fraction of sp³-hybridized carbons (Fsp3) is 0.692. The number of aromatic nitrogens is 2. The average molecular weight is 234 g/mol. The van der Waals surface area contributed by atoms with E-state index >= 15 is 0 Å². The summed E-state index contributed by atoms with van der Waals surface area (Å²) in [5.41, 5.74) is 1.15. The Morgan fingerprint density at radius 2 is 1.94 bits per heavy atom. The number of hydrogen-bond donors (Lipinski definition) is 1. The highest BCUT2D eigenvalue weighted by Gasteiger charge is 2.17. The molecule has 17 heavy (non-hydrogen) atoms. The minimum absolute atomic E-state index is 0.847. The molecule has 0 unspecified atom stereocenters. The summed E-state index contributed by atoms with van der Waals surface area (Å²) in [6.07, 6.45) is 6.37. The molecule has 4 heteroatoms. The minimum Gasteiger partial charge on any atom is -0.341 e. The molecule has 4 nitrogen and oxygen atoms in total. The maximum Gasteiger partial charge on any atom is 0.225 e. The van der Waals surface area contributed by atoms with Gasteiger partial charge in [0, 0.05) is 37.6 Å². The normalized spacial score (nSPS) is 17.4. The zero-order valence-electron chi connectivity index (χ0n) is 10.8. The van der Waals surface area contributed by atoms with Crippen LogP contribution in [0.4, 0.5) is 5.95 Å². The first kappa shape index (κ1) is 12.3. The van der Waals surface area contributed by atoms with E-state index in [0.29, 0.717) is 0 Å². The van der Waals surface area contributed by atoms with Gasteiger partial charge in [-0.25, -0.2) is 9.97 Å². The Labute approximate surface area is 103 Å². The van der Waals surface area contributed by atoms with Gasteiger partial charge in [-0.1, -0.05) is 13.8 Å². The molecule has 0 radical (unpaired) electrons. The topological polar surface area (TPSA) is 41.1 Å². The SMILES string of the molecule is CCNCc1cnc(N2CCC(C)CC2)nc1. The summed E-state index contributed by atoms with van der Waals surface area (Å²) in [4.78, 5) is 11.2. The van der Waals surface area contributed by atoms with E-state index in [9.17, 15) is 0 Å². The van der Waals surface area contributed by atoms with Crippen molar-refractivity contribution < 1.29 is 0 Å². The fourth-order valence-electron chi connectivity index (χ4n) is 2.08. The monoisotopic (exact) mass is 234 g/mol. The lowest BCUT2D eigenvalue weighted by Crippen LogP contribution is -2.34. The van der Waals surface area contributed by atoms with Crippen molar-refractivity contribution in [2.75, 3.05) is 24.5 Å². The van der Waals surface area contributed by atoms with E-state index in [0.717, 1.165) is 43.6 Å². The number of piperidine rings is 1. The quantitative estimate of drug-likeness (QED) is 0.863. The summed E-state index contributed by atoms with van der Waals surface area (Å²) in [6, 6.07) is 0. The second-order valence-electron chi connectivity index (χ2n) is 4.84. The molecule has 1 aliphatic heterocycles. The van der Waals surface area contributed by atoms with Crippen LogP contribution in [0, 0.1) is 5.92 Å². The molecule has 1 aromatic rings. The van der Waals surface area contributed by atoms with Crippen molar-refractivity contribution in [1.29, 1.82) is 0 Å². The molecule has 0 aromatic carbocycles. The Hall–Kier alpha value is -1.16. The maximum atomic E-state index is 4.46. The fourth-order valence-corrected chi connectivity index (χ4v) is 2.08. The number of nitrogens with one attached hydrogen (secondary N) is 1. The highest BCUT2D eigenvalue weighted by molar-refractivity contribution is 5.30. The van der Waals surface area contributed by atoms with Gasteiger partial charge in [-0.3, -0.25) is 0 Å². The van der Waals surface area contributed by atoms with Crippen LogP contribution < -0.4 is 10.2 Å². The predicted molar refractivity (Wildman–Crippen MR) is 70.0 cm³/mol. The first-order chi connectivity index (χ1) is 8.29. The summed E-state index contributed by atoms with van der Waals surface area (Å²) in [5, 5.41) is 3.28. The summed E-state index contributed by atoms with van der Waals surface area (Å²) in [5.74, 6) is 1.73. The Balaban J connectivity index is 1.93. The lowest BCUT2D eigenvalue weighted by molar-refractivity contribution is 0.434. The molecule has 1 saturated heterocycles. The molecule has 0 saturated carbocycles. The zero-order chi connectivity index (χ0) is 12.1. The molecule has 0 spiro atoms. The number of rotatable bonds is 4. The number of nitrogens with zero attached hydrogens (tertiary/aromatic N) is 3. The Kier molecular flexibility index (Phi) is 4.31. The molecule has 0 atom stereocenters. The molecular formula is C13H22N4. The molecule has 0 aliphatic carbocycles. The van der Waals surface area contributed by atoms with Crippen LogP contribution in [-0.4, -0.2) is 29.6 Å². The van der Waals surface area contributed by atoms with Crippen LogP contribution in [0.3, 0.4) is 0 Å². The van der Waals surface area contributed by atoms with Gasteiger partial charge in [0.25, 0.3) is 0 Å². The molecule has 1 N–H and O–H groups in total. The zero-order valence-corrected chi connectivity index (χ0v) is 10.8. The first-order valence-electron chi connectivity index (χ1n) is 6.56. The molecule has 0 bridgehead atoms. The van der Waals surface area contributed by atoms with Crippen LogP contribution in [0.2, 0.25) is 0 Å². The highest BCUT2D eigenvalue weighted by atomic mass is 15.2. The average Bonchev–Trinajstić information content (AvgIpc) is 2.38. The second-order valence-corrected chi connectivity index (χ2v) is 4.84. The van der Waals surface area contributed by atoms with E-state index in [1.807, 2.05) is 12.4 Å². The van der Waals surface area contributed by atoms with Crippen LogP contribution in [0.1, 0.15) is 32.3 Å². The van der Waals surface area contributed by atoms with Crippen LogP contribution in [-0.2, 0) is 6.54 Å². The maximum absolute atomic E-state index is 4.46. The van der Waals surface area contributed by atoms with Crippen molar-refractivity contribution in [2.45, 2.75) is 33.2 Å². The molecule has 2 rings (SSSR count). The lowest BCUT2D eigenvalue weighted by atomic mass is 10.00. The molecule has 1 aliphatic rings. The Morgan fingerprint density at radius 3 is 2.53 bits per heavy atom. The van der Waals surface area contributed by atoms with E-state index in [-0.39, 0.29) is 0 Å². The van der Waals surface area contributed by atoms with Crippen LogP contribution in [0.25, 0.3) is 0 Å². The Morgan fingerprint density at radius 1 is 1.29 bits per heavy atom. The molecule has 0 amide bonds. The lowest BCUT2D eigenvalue weighted by Gasteiger charge is -2.30. The third kappa shape index (κ3) is 3.40. The van der Waals surface area contributed by atoms with Crippen molar-refractivity contribution in [3.8, 4) is 0 Å². The van der Waals surface area contributed by atoms with Gasteiger partial charge in [-0.05, 0) is 25.3 Å². The van der Waals surface area contributed by atoms with Gasteiger partial charge < -0.3 is 10.2 Å². The standard InChI is InChI=1S/C13H22N4/c1-3-14-8-12-9-15-13(16-10-12)17-6-4-11(2)5-7-17/h9-11,14H,3-8H2,1-2H3. The van der Waals surface area contributed by atoms with Gasteiger partial charge in [0.2, 0.25) is 5.95 Å². The molecule has 1 aromatic heterocycles. The summed E-state index contributed by atoms with van der Waals surface area (Å²) in [6.45, 7) is 8.43. The van der Waals surface area contributed by atoms with E-state index in [2.05, 4.69) is 34.0 Å². The van der Waals surface area contributed by atoms with Crippen LogP contribution >= 0.6 is 0 Å². The van der Waals surface area contributed by atoms with Gasteiger partial charge in [0.05, 0.1) is 0 Å². The predicted octanol–water partition coefficient (Wildman–Crippen LogP) is 1.82. The largest absolute Gasteiger partial charge is 0.341 e. The van der Waals surface area contributed by atoms with Gasteiger partial charge in [-0.15, -0.1) is 0 Å². The van der Waals surface area contributed by atoms with Crippen LogP contribution in [0.5, 0.6) is 0 Å². The summed E-state index contributed by atoms with van der Waals surface area (Å²) >= 11 is 0. The van der Waals surface area contributed by atoms with Crippen molar-refractivity contribution >= 4 is 5.95 Å². The third-order valence-electron chi connectivity index (χ3n) is 3.34. The van der Waals surface area contributed by atoms with Crippen molar-refractivity contribution in [2.24, 2.45) is 5.92 Å². The smallest absolute Gasteiger partial charge is 0.225 e. The summed E-state index contributed by atoms with van der Waals surface area (Å²) in [7, 11) is 0. The van der Waals surface area contributed by atoms with Crippen molar-refractivity contribution in [3.05, 3.63) is 18.0 Å². The highest BCUT2D eigenvalue weighted by Crippen LogP contribution is 2.19. The van der Waals surface area contributed by atoms with Gasteiger partial charge in [0.1, 0.15) is 0 Å². The van der Waals surface area contributed by atoms with Gasteiger partial charge >= 0.3 is 0 Å². The molecule has 94 valence electrons. The Bertz CT molecular complexity index is 328.